The summed E-state index contributed by atoms with van der Waals surface area (Å²) in [5, 5.41) is 0.757. The SMILES string of the molecule is COC(=O)c1ccc2c(c1)N(C[C@@H]1CC[C@H]1C(OC)[C@H]1CCC[C@H](OS(C)(=O)=O)C1)C[C@@]1(CCCc3cc(Cl)ccc31)CO2. The zero-order valence-corrected chi connectivity index (χ0v) is 27.5. The molecule has 0 bridgehead atoms. The number of fused-ring (bicyclic) bond motifs is 3. The molecule has 8 nitrogen and oxygen atoms in total. The van der Waals surface area contributed by atoms with Crippen LogP contribution >= 0.6 is 11.6 Å². The van der Waals surface area contributed by atoms with Crippen LogP contribution in [0.25, 0.3) is 0 Å². The fraction of sp³-hybridized carbons (Fsp3) is 0.618. The van der Waals surface area contributed by atoms with Crippen LogP contribution in [0.3, 0.4) is 0 Å². The van der Waals surface area contributed by atoms with Gasteiger partial charge in [-0.25, -0.2) is 4.79 Å². The van der Waals surface area contributed by atoms with Crippen LogP contribution in [0.4, 0.5) is 5.69 Å². The Kier molecular flexibility index (Phi) is 9.22. The number of hydrogen-bond donors (Lipinski definition) is 0. The van der Waals surface area contributed by atoms with Crippen molar-refractivity contribution in [1.82, 2.24) is 0 Å². The maximum atomic E-state index is 12.6. The average molecular weight is 646 g/mol. The van der Waals surface area contributed by atoms with E-state index in [1.54, 1.807) is 13.2 Å². The third-order valence-corrected chi connectivity index (χ3v) is 11.4. The Morgan fingerprint density at radius 3 is 2.68 bits per heavy atom. The van der Waals surface area contributed by atoms with E-state index in [0.29, 0.717) is 30.4 Å². The molecule has 0 aromatic heterocycles. The van der Waals surface area contributed by atoms with Crippen LogP contribution in [0, 0.1) is 17.8 Å². The van der Waals surface area contributed by atoms with E-state index in [9.17, 15) is 13.2 Å². The number of ether oxygens (including phenoxy) is 3. The lowest BCUT2D eigenvalue weighted by molar-refractivity contribution is -0.0693. The molecule has 10 heteroatoms. The summed E-state index contributed by atoms with van der Waals surface area (Å²) in [6.07, 6.45) is 9.51. The van der Waals surface area contributed by atoms with Gasteiger partial charge in [0.1, 0.15) is 5.75 Å². The van der Waals surface area contributed by atoms with Gasteiger partial charge >= 0.3 is 5.97 Å². The van der Waals surface area contributed by atoms with E-state index in [2.05, 4.69) is 17.0 Å². The van der Waals surface area contributed by atoms with E-state index in [0.717, 1.165) is 87.2 Å². The van der Waals surface area contributed by atoms with Crippen LogP contribution in [0.2, 0.25) is 5.02 Å². The molecule has 1 spiro atoms. The van der Waals surface area contributed by atoms with E-state index in [1.165, 1.54) is 18.2 Å². The largest absolute Gasteiger partial charge is 0.490 e. The summed E-state index contributed by atoms with van der Waals surface area (Å²) in [6.45, 7) is 2.14. The Bertz CT molecular complexity index is 1480. The fourth-order valence-electron chi connectivity index (χ4n) is 8.43. The van der Waals surface area contributed by atoms with Crippen LogP contribution in [-0.2, 0) is 35.6 Å². The van der Waals surface area contributed by atoms with Crippen molar-refractivity contribution in [2.24, 2.45) is 17.8 Å². The molecular formula is C34H44ClNO7S. The first kappa shape index (κ1) is 31.6. The zero-order chi connectivity index (χ0) is 31.1. The first-order valence-corrected chi connectivity index (χ1v) is 18.1. The molecule has 0 amide bonds. The number of carbonyl (C=O) groups is 1. The summed E-state index contributed by atoms with van der Waals surface area (Å²) < 4.78 is 47.0. The van der Waals surface area contributed by atoms with Crippen molar-refractivity contribution in [3.05, 3.63) is 58.1 Å². The maximum Gasteiger partial charge on any atom is 0.337 e. The number of benzene rings is 2. The van der Waals surface area contributed by atoms with Gasteiger partial charge in [0.25, 0.3) is 10.1 Å². The lowest BCUT2D eigenvalue weighted by atomic mass is 9.65. The molecule has 6 rings (SSSR count). The van der Waals surface area contributed by atoms with Crippen molar-refractivity contribution in [3.8, 4) is 5.75 Å². The second-order valence-electron chi connectivity index (χ2n) is 13.3. The van der Waals surface area contributed by atoms with Gasteiger partial charge in [0, 0.05) is 30.6 Å². The monoisotopic (exact) mass is 645 g/mol. The summed E-state index contributed by atoms with van der Waals surface area (Å²) >= 11 is 6.42. The Morgan fingerprint density at radius 1 is 1.11 bits per heavy atom. The molecule has 44 heavy (non-hydrogen) atoms. The van der Waals surface area contributed by atoms with Crippen LogP contribution < -0.4 is 9.64 Å². The van der Waals surface area contributed by atoms with E-state index >= 15 is 0 Å². The van der Waals surface area contributed by atoms with Crippen LogP contribution in [0.5, 0.6) is 5.75 Å². The quantitative estimate of drug-likeness (QED) is 0.249. The number of methoxy groups -OCH3 is 2. The van der Waals surface area contributed by atoms with E-state index < -0.39 is 10.1 Å². The van der Waals surface area contributed by atoms with Gasteiger partial charge in [-0.1, -0.05) is 24.1 Å². The predicted molar refractivity (Wildman–Crippen MR) is 170 cm³/mol. The summed E-state index contributed by atoms with van der Waals surface area (Å²) in [6, 6.07) is 11.9. The van der Waals surface area contributed by atoms with Gasteiger partial charge in [-0.2, -0.15) is 8.42 Å². The van der Waals surface area contributed by atoms with Gasteiger partial charge in [0.15, 0.2) is 0 Å². The number of nitrogens with zero attached hydrogens (tertiary/aromatic N) is 1. The minimum Gasteiger partial charge on any atom is -0.490 e. The van der Waals surface area contributed by atoms with Crippen molar-refractivity contribution in [2.45, 2.75) is 75.4 Å². The maximum absolute atomic E-state index is 12.6. The van der Waals surface area contributed by atoms with Crippen molar-refractivity contribution < 1.29 is 31.6 Å². The summed E-state index contributed by atoms with van der Waals surface area (Å²) in [5.41, 5.74) is 3.81. The standard InChI is InChI=1S/C34H44ClNO7S/c1-40-32(23-6-4-8-27(17-23)43-44(3,38)39)28-12-9-25(28)19-36-20-34(15-5-7-22-16-26(35)11-13-29(22)34)21-42-31-14-10-24(18-30(31)36)33(37)41-2/h10-11,13-14,16,18,23,25,27-28,32H,4-9,12,15,17,19-21H2,1-3H3/t23-,25-,27-,28+,32?,34-/m0/s1. The summed E-state index contributed by atoms with van der Waals surface area (Å²) in [4.78, 5) is 15.0. The number of hydrogen-bond acceptors (Lipinski definition) is 8. The van der Waals surface area contributed by atoms with Crippen molar-refractivity contribution in [3.63, 3.8) is 0 Å². The number of rotatable bonds is 8. The van der Waals surface area contributed by atoms with Gasteiger partial charge < -0.3 is 19.1 Å². The number of aryl methyl sites for hydroxylation is 1. The molecular weight excluding hydrogens is 602 g/mol. The van der Waals surface area contributed by atoms with E-state index in [4.69, 9.17) is 30.0 Å². The van der Waals surface area contributed by atoms with E-state index in [-0.39, 0.29) is 29.5 Å². The van der Waals surface area contributed by atoms with Gasteiger partial charge in [-0.05, 0) is 111 Å². The lowest BCUT2D eigenvalue weighted by Crippen LogP contribution is -2.51. The second kappa shape index (κ2) is 12.8. The molecule has 2 aromatic rings. The molecule has 2 fully saturated rings. The molecule has 1 unspecified atom stereocenters. The molecule has 2 saturated carbocycles. The molecule has 1 heterocycles. The van der Waals surface area contributed by atoms with E-state index in [1.807, 2.05) is 18.2 Å². The molecule has 3 aliphatic carbocycles. The highest BCUT2D eigenvalue weighted by atomic mass is 35.5. The van der Waals surface area contributed by atoms with Gasteiger partial charge in [-0.3, -0.25) is 4.18 Å². The van der Waals surface area contributed by atoms with Gasteiger partial charge in [0.05, 0.1) is 43.4 Å². The highest BCUT2D eigenvalue weighted by molar-refractivity contribution is 7.86. The number of halogens is 1. The number of anilines is 1. The van der Waals surface area contributed by atoms with Gasteiger partial charge in [-0.15, -0.1) is 0 Å². The average Bonchev–Trinajstić information content (AvgIpc) is 3.13. The molecule has 1 aliphatic heterocycles. The summed E-state index contributed by atoms with van der Waals surface area (Å²) in [7, 11) is -0.308. The second-order valence-corrected chi connectivity index (χ2v) is 15.4. The fourth-order valence-corrected chi connectivity index (χ4v) is 9.29. The minimum absolute atomic E-state index is 0.0373. The van der Waals surface area contributed by atoms with Crippen LogP contribution in [-0.4, -0.2) is 66.8 Å². The summed E-state index contributed by atoms with van der Waals surface area (Å²) in [5.74, 6) is 1.40. The van der Waals surface area contributed by atoms with Gasteiger partial charge in [0.2, 0.25) is 0 Å². The highest BCUT2D eigenvalue weighted by Crippen LogP contribution is 2.48. The van der Waals surface area contributed by atoms with Crippen molar-refractivity contribution >= 4 is 33.4 Å². The number of carbonyl (C=O) groups excluding carboxylic acids is 1. The number of esters is 1. The molecule has 4 aliphatic rings. The normalized spacial score (nSPS) is 29.0. The molecule has 240 valence electrons. The predicted octanol–water partition coefficient (Wildman–Crippen LogP) is 6.18. The smallest absolute Gasteiger partial charge is 0.337 e. The Hall–Kier alpha value is -2.33. The highest BCUT2D eigenvalue weighted by Gasteiger charge is 2.46. The third-order valence-electron chi connectivity index (χ3n) is 10.5. The Balaban J connectivity index is 1.29. The topological polar surface area (TPSA) is 91.4 Å². The lowest BCUT2D eigenvalue weighted by Gasteiger charge is -2.48. The molecule has 2 aromatic carbocycles. The third kappa shape index (κ3) is 6.48. The molecule has 6 atom stereocenters. The molecule has 0 N–H and O–H groups in total. The first-order valence-electron chi connectivity index (χ1n) is 15.9. The Labute approximate surface area is 266 Å². The van der Waals surface area contributed by atoms with Crippen LogP contribution in [0.1, 0.15) is 72.9 Å². The van der Waals surface area contributed by atoms with Crippen molar-refractivity contribution in [2.75, 3.05) is 45.1 Å². The van der Waals surface area contributed by atoms with Crippen molar-refractivity contribution in [1.29, 1.82) is 0 Å². The first-order chi connectivity index (χ1) is 21.1. The molecule has 0 saturated heterocycles. The molecule has 0 radical (unpaired) electrons. The minimum atomic E-state index is -3.50. The van der Waals surface area contributed by atoms with Crippen LogP contribution in [0.15, 0.2) is 36.4 Å². The Morgan fingerprint density at radius 2 is 1.95 bits per heavy atom. The zero-order valence-electron chi connectivity index (χ0n) is 25.9.